The minimum Gasteiger partial charge on any atom is -0.483 e. The molecule has 0 aliphatic rings. The van der Waals surface area contributed by atoms with Gasteiger partial charge in [-0.2, -0.15) is 0 Å². The lowest BCUT2D eigenvalue weighted by molar-refractivity contribution is -0.113. The van der Waals surface area contributed by atoms with Crippen LogP contribution in [0.5, 0.6) is 5.75 Å². The van der Waals surface area contributed by atoms with Gasteiger partial charge in [-0.1, -0.05) is 70.8 Å². The van der Waals surface area contributed by atoms with E-state index in [9.17, 15) is 4.79 Å². The van der Waals surface area contributed by atoms with Crippen LogP contribution >= 0.6 is 46.6 Å². The first-order valence-corrected chi connectivity index (χ1v) is 11.3. The van der Waals surface area contributed by atoms with E-state index < -0.39 is 0 Å². The van der Waals surface area contributed by atoms with Gasteiger partial charge in [0.25, 0.3) is 0 Å². The van der Waals surface area contributed by atoms with Crippen LogP contribution in [-0.2, 0) is 11.3 Å². The third-order valence-electron chi connectivity index (χ3n) is 4.09. The highest BCUT2D eigenvalue weighted by atomic mass is 35.5. The van der Waals surface area contributed by atoms with E-state index in [1.807, 2.05) is 41.8 Å². The summed E-state index contributed by atoms with van der Waals surface area (Å²) >= 11 is 19.3. The van der Waals surface area contributed by atoms with Crippen molar-refractivity contribution in [2.75, 3.05) is 11.1 Å². The number of nitrogens with zero attached hydrogens (tertiary/aromatic N) is 3. The zero-order valence-corrected chi connectivity index (χ0v) is 19.6. The number of nitrogens with one attached hydrogen (secondary N) is 1. The van der Waals surface area contributed by atoms with Crippen molar-refractivity contribution < 1.29 is 9.53 Å². The Bertz CT molecular complexity index is 1080. The zero-order chi connectivity index (χ0) is 22.4. The average molecular weight is 498 g/mol. The molecule has 0 fully saturated rings. The average Bonchev–Trinajstić information content (AvgIpc) is 3.14. The molecule has 1 N–H and O–H groups in total. The molecule has 10 heteroatoms. The summed E-state index contributed by atoms with van der Waals surface area (Å²) in [5.41, 5.74) is 0.389. The van der Waals surface area contributed by atoms with E-state index in [1.54, 1.807) is 6.08 Å². The smallest absolute Gasteiger partial charge is 0.234 e. The van der Waals surface area contributed by atoms with Crippen molar-refractivity contribution in [2.45, 2.75) is 24.7 Å². The molecule has 2 aromatic carbocycles. The van der Waals surface area contributed by atoms with Crippen LogP contribution in [0.3, 0.4) is 0 Å². The third kappa shape index (κ3) is 6.17. The summed E-state index contributed by atoms with van der Waals surface area (Å²) in [5, 5.41) is 12.7. The summed E-state index contributed by atoms with van der Waals surface area (Å²) in [5.74, 6) is 1.20. The number of benzene rings is 2. The Balaban J connectivity index is 1.68. The Hall–Kier alpha value is -2.19. The van der Waals surface area contributed by atoms with Gasteiger partial charge in [0.15, 0.2) is 17.1 Å². The molecule has 1 unspecified atom stereocenters. The summed E-state index contributed by atoms with van der Waals surface area (Å²) in [4.78, 5) is 12.4. The molecule has 0 saturated heterocycles. The van der Waals surface area contributed by atoms with Crippen LogP contribution in [0, 0.1) is 0 Å². The fraction of sp³-hybridized carbons (Fsp3) is 0.190. The van der Waals surface area contributed by atoms with Gasteiger partial charge in [-0.05, 0) is 31.2 Å². The van der Waals surface area contributed by atoms with E-state index in [2.05, 4.69) is 22.1 Å². The maximum absolute atomic E-state index is 12.4. The largest absolute Gasteiger partial charge is 0.483 e. The topological polar surface area (TPSA) is 69.0 Å². The normalized spacial score (nSPS) is 11.7. The number of carbonyl (C=O) groups is 1. The second-order valence-electron chi connectivity index (χ2n) is 6.40. The predicted octanol–water partition coefficient (Wildman–Crippen LogP) is 6.30. The predicted molar refractivity (Wildman–Crippen MR) is 127 cm³/mol. The number of amides is 1. The minimum absolute atomic E-state index is 0.0970. The molecule has 0 aliphatic carbocycles. The van der Waals surface area contributed by atoms with E-state index in [4.69, 9.17) is 39.5 Å². The van der Waals surface area contributed by atoms with Crippen LogP contribution in [0.4, 0.5) is 5.69 Å². The number of carbonyl (C=O) groups excluding carboxylic acids is 1. The van der Waals surface area contributed by atoms with Crippen LogP contribution < -0.4 is 10.1 Å². The molecule has 162 valence electrons. The molecular formula is C21H19Cl3N4O2S. The second-order valence-corrected chi connectivity index (χ2v) is 8.56. The number of anilines is 1. The van der Waals surface area contributed by atoms with Crippen molar-refractivity contribution in [3.8, 4) is 5.75 Å². The van der Waals surface area contributed by atoms with Crippen LogP contribution in [0.15, 0.2) is 60.3 Å². The van der Waals surface area contributed by atoms with Crippen molar-refractivity contribution in [2.24, 2.45) is 0 Å². The highest BCUT2D eigenvalue weighted by Crippen LogP contribution is 2.32. The van der Waals surface area contributed by atoms with Gasteiger partial charge in [0.1, 0.15) is 5.75 Å². The van der Waals surface area contributed by atoms with Crippen LogP contribution in [0.1, 0.15) is 18.9 Å². The van der Waals surface area contributed by atoms with Gasteiger partial charge in [0.2, 0.25) is 5.91 Å². The summed E-state index contributed by atoms with van der Waals surface area (Å²) in [7, 11) is 0. The first-order chi connectivity index (χ1) is 14.9. The van der Waals surface area contributed by atoms with Gasteiger partial charge in [-0.15, -0.1) is 16.8 Å². The molecule has 3 rings (SSSR count). The monoisotopic (exact) mass is 496 g/mol. The molecule has 0 saturated carbocycles. The lowest BCUT2D eigenvalue weighted by atomic mass is 10.3. The van der Waals surface area contributed by atoms with Crippen LogP contribution in [-0.4, -0.2) is 26.4 Å². The lowest BCUT2D eigenvalue weighted by Gasteiger charge is -2.15. The van der Waals surface area contributed by atoms with Gasteiger partial charge in [-0.25, -0.2) is 0 Å². The molecular weight excluding hydrogens is 479 g/mol. The number of rotatable bonds is 9. The fourth-order valence-corrected chi connectivity index (χ4v) is 4.05. The highest BCUT2D eigenvalue weighted by Gasteiger charge is 2.20. The summed E-state index contributed by atoms with van der Waals surface area (Å²) in [6.45, 7) is 6.17. The number of hydrogen-bond donors (Lipinski definition) is 1. The Labute approximate surface area is 199 Å². The molecule has 0 aliphatic heterocycles. The van der Waals surface area contributed by atoms with Gasteiger partial charge in [0.05, 0.1) is 26.5 Å². The summed E-state index contributed by atoms with van der Waals surface area (Å²) in [6.07, 6.45) is 1.40. The Morgan fingerprint density at radius 3 is 2.61 bits per heavy atom. The first kappa shape index (κ1) is 23.5. The van der Waals surface area contributed by atoms with E-state index in [0.29, 0.717) is 38.3 Å². The van der Waals surface area contributed by atoms with Crippen molar-refractivity contribution >= 4 is 58.2 Å². The van der Waals surface area contributed by atoms with Crippen LogP contribution in [0.2, 0.25) is 15.1 Å². The molecule has 3 aromatic rings. The SMILES string of the molecule is C=CCn1c(SCC(=O)Nc2cc(Cl)c(Cl)cc2Cl)nnc1C(C)Oc1ccccc1. The van der Waals surface area contributed by atoms with Crippen molar-refractivity contribution in [1.29, 1.82) is 0 Å². The number of allylic oxidation sites excluding steroid dienone is 1. The van der Waals surface area contributed by atoms with Crippen LogP contribution in [0.25, 0.3) is 0 Å². The zero-order valence-electron chi connectivity index (χ0n) is 16.5. The molecule has 1 atom stereocenters. The molecule has 0 radical (unpaired) electrons. The van der Waals surface area contributed by atoms with Gasteiger partial charge >= 0.3 is 0 Å². The van der Waals surface area contributed by atoms with Gasteiger partial charge in [0, 0.05) is 6.54 Å². The van der Waals surface area contributed by atoms with E-state index >= 15 is 0 Å². The number of ether oxygens (including phenoxy) is 1. The lowest BCUT2D eigenvalue weighted by Crippen LogP contribution is -2.16. The quantitative estimate of drug-likeness (QED) is 0.213. The van der Waals surface area contributed by atoms with E-state index in [1.165, 1.54) is 23.9 Å². The Kier molecular flexibility index (Phi) is 8.26. The number of aromatic nitrogens is 3. The molecule has 1 heterocycles. The standard InChI is InChI=1S/C21H19Cl3N4O2S/c1-3-9-28-20(13(2)30-14-7-5-4-6-8-14)26-27-21(28)31-12-19(29)25-18-11-16(23)15(22)10-17(18)24/h3-8,10-11,13H,1,9,12H2,2H3,(H,25,29). The highest BCUT2D eigenvalue weighted by molar-refractivity contribution is 7.99. The van der Waals surface area contributed by atoms with Crippen molar-refractivity contribution in [3.05, 3.63) is 76.0 Å². The number of para-hydroxylation sites is 1. The Morgan fingerprint density at radius 1 is 1.19 bits per heavy atom. The fourth-order valence-electron chi connectivity index (χ4n) is 2.70. The molecule has 1 aromatic heterocycles. The van der Waals surface area contributed by atoms with Crippen molar-refractivity contribution in [1.82, 2.24) is 14.8 Å². The minimum atomic E-state index is -0.340. The first-order valence-electron chi connectivity index (χ1n) is 9.22. The summed E-state index contributed by atoms with van der Waals surface area (Å²) < 4.78 is 7.82. The maximum Gasteiger partial charge on any atom is 0.234 e. The molecule has 1 amide bonds. The molecule has 6 nitrogen and oxygen atoms in total. The van der Waals surface area contributed by atoms with Gasteiger partial charge in [-0.3, -0.25) is 9.36 Å². The Morgan fingerprint density at radius 2 is 1.90 bits per heavy atom. The van der Waals surface area contributed by atoms with Crippen molar-refractivity contribution in [3.63, 3.8) is 0 Å². The third-order valence-corrected chi connectivity index (χ3v) is 6.09. The maximum atomic E-state index is 12.4. The second kappa shape index (κ2) is 10.9. The summed E-state index contributed by atoms with van der Waals surface area (Å²) in [6, 6.07) is 12.5. The molecule has 31 heavy (non-hydrogen) atoms. The molecule has 0 spiro atoms. The van der Waals surface area contributed by atoms with Gasteiger partial charge < -0.3 is 10.1 Å². The van der Waals surface area contributed by atoms with E-state index in [0.717, 1.165) is 5.75 Å². The number of thioether (sulfide) groups is 1. The number of halogens is 3. The molecule has 0 bridgehead atoms. The van der Waals surface area contributed by atoms with E-state index in [-0.39, 0.29) is 17.8 Å². The number of hydrogen-bond acceptors (Lipinski definition) is 5.